The summed E-state index contributed by atoms with van der Waals surface area (Å²) in [4.78, 5) is 16.1. The van der Waals surface area contributed by atoms with E-state index >= 15 is 0 Å². The molecule has 4 nitrogen and oxygen atoms in total. The monoisotopic (exact) mass is 259 g/mol. The smallest absolute Gasteiger partial charge is 0.236 e. The minimum atomic E-state index is 0.275. The highest BCUT2D eigenvalue weighted by Gasteiger charge is 2.17. The van der Waals surface area contributed by atoms with Crippen LogP contribution in [0.3, 0.4) is 0 Å². The van der Waals surface area contributed by atoms with Crippen LogP contribution >= 0.6 is 11.8 Å². The Bertz CT molecular complexity index is 220. The lowest BCUT2D eigenvalue weighted by atomic mass is 10.3. The third-order valence-electron chi connectivity index (χ3n) is 2.91. The first-order valence-electron chi connectivity index (χ1n) is 6.48. The molecule has 1 aliphatic rings. The van der Waals surface area contributed by atoms with E-state index in [1.807, 2.05) is 23.7 Å². The molecule has 100 valence electrons. The molecule has 1 amide bonds. The van der Waals surface area contributed by atoms with Gasteiger partial charge in [0.25, 0.3) is 0 Å². The molecular weight excluding hydrogens is 234 g/mol. The Labute approximate surface area is 109 Å². The van der Waals surface area contributed by atoms with Crippen molar-refractivity contribution in [1.82, 2.24) is 15.1 Å². The molecule has 0 spiro atoms. The largest absolute Gasteiger partial charge is 0.339 e. The highest BCUT2D eigenvalue weighted by atomic mass is 32.2. The number of amides is 1. The van der Waals surface area contributed by atoms with Gasteiger partial charge in [0.1, 0.15) is 0 Å². The molecule has 0 radical (unpaired) electrons. The number of piperazine rings is 1. The van der Waals surface area contributed by atoms with Gasteiger partial charge in [0.05, 0.1) is 6.54 Å². The molecule has 0 aromatic heterocycles. The number of nitrogens with zero attached hydrogens (tertiary/aromatic N) is 2. The number of carbonyl (C=O) groups is 1. The quantitative estimate of drug-likeness (QED) is 0.675. The lowest BCUT2D eigenvalue weighted by Crippen LogP contribution is -2.49. The van der Waals surface area contributed by atoms with Crippen LogP contribution in [0.2, 0.25) is 0 Å². The standard InChI is InChI=1S/C12H25N3OS/c1-3-17-10-4-7-14(2)11-12(16)15-8-5-13-6-9-15/h13H,3-11H2,1-2H3. The summed E-state index contributed by atoms with van der Waals surface area (Å²) in [5, 5.41) is 3.26. The number of rotatable bonds is 7. The van der Waals surface area contributed by atoms with Crippen LogP contribution in [0.5, 0.6) is 0 Å². The lowest BCUT2D eigenvalue weighted by Gasteiger charge is -2.29. The second kappa shape index (κ2) is 8.78. The topological polar surface area (TPSA) is 35.6 Å². The maximum absolute atomic E-state index is 11.9. The maximum Gasteiger partial charge on any atom is 0.236 e. The lowest BCUT2D eigenvalue weighted by molar-refractivity contribution is -0.132. The summed E-state index contributed by atoms with van der Waals surface area (Å²) < 4.78 is 0. The SMILES string of the molecule is CCSCCCN(C)CC(=O)N1CCNCC1. The molecule has 1 heterocycles. The summed E-state index contributed by atoms with van der Waals surface area (Å²) in [5.74, 6) is 2.66. The number of hydrogen-bond donors (Lipinski definition) is 1. The molecule has 1 N–H and O–H groups in total. The molecular formula is C12H25N3OS. The van der Waals surface area contributed by atoms with Crippen LogP contribution in [-0.2, 0) is 4.79 Å². The molecule has 0 saturated carbocycles. The van der Waals surface area contributed by atoms with Gasteiger partial charge in [-0.2, -0.15) is 11.8 Å². The van der Waals surface area contributed by atoms with Gasteiger partial charge < -0.3 is 10.2 Å². The molecule has 0 bridgehead atoms. The molecule has 17 heavy (non-hydrogen) atoms. The van der Waals surface area contributed by atoms with Gasteiger partial charge in [-0.15, -0.1) is 0 Å². The Hall–Kier alpha value is -0.260. The average molecular weight is 259 g/mol. The molecule has 0 aliphatic carbocycles. The van der Waals surface area contributed by atoms with E-state index < -0.39 is 0 Å². The molecule has 1 rings (SSSR count). The summed E-state index contributed by atoms with van der Waals surface area (Å²) in [6, 6.07) is 0. The molecule has 0 aromatic carbocycles. The molecule has 1 fully saturated rings. The third-order valence-corrected chi connectivity index (χ3v) is 3.89. The highest BCUT2D eigenvalue weighted by Crippen LogP contribution is 2.02. The Balaban J connectivity index is 2.11. The van der Waals surface area contributed by atoms with Crippen molar-refractivity contribution in [3.05, 3.63) is 0 Å². The van der Waals surface area contributed by atoms with E-state index in [2.05, 4.69) is 17.1 Å². The van der Waals surface area contributed by atoms with Crippen molar-refractivity contribution >= 4 is 17.7 Å². The molecule has 1 saturated heterocycles. The van der Waals surface area contributed by atoms with E-state index in [4.69, 9.17) is 0 Å². The van der Waals surface area contributed by atoms with Gasteiger partial charge >= 0.3 is 0 Å². The van der Waals surface area contributed by atoms with Gasteiger partial charge in [-0.3, -0.25) is 9.69 Å². The van der Waals surface area contributed by atoms with Crippen molar-refractivity contribution in [3.63, 3.8) is 0 Å². The van der Waals surface area contributed by atoms with Gasteiger partial charge in [0.15, 0.2) is 0 Å². The molecule has 1 aliphatic heterocycles. The van der Waals surface area contributed by atoms with Crippen molar-refractivity contribution < 1.29 is 4.79 Å². The Morgan fingerprint density at radius 3 is 2.76 bits per heavy atom. The molecule has 0 atom stereocenters. The fraction of sp³-hybridized carbons (Fsp3) is 0.917. The predicted molar refractivity (Wildman–Crippen MR) is 74.6 cm³/mol. The zero-order chi connectivity index (χ0) is 12.5. The number of carbonyl (C=O) groups excluding carboxylic acids is 1. The fourth-order valence-corrected chi connectivity index (χ4v) is 2.53. The van der Waals surface area contributed by atoms with Gasteiger partial charge in [0.2, 0.25) is 5.91 Å². The van der Waals surface area contributed by atoms with Gasteiger partial charge in [-0.05, 0) is 31.5 Å². The van der Waals surface area contributed by atoms with E-state index in [0.29, 0.717) is 6.54 Å². The summed E-state index contributed by atoms with van der Waals surface area (Å²) in [7, 11) is 2.04. The molecule has 0 aromatic rings. The number of hydrogen-bond acceptors (Lipinski definition) is 4. The second-order valence-electron chi connectivity index (χ2n) is 4.42. The van der Waals surface area contributed by atoms with Crippen LogP contribution in [0, 0.1) is 0 Å². The van der Waals surface area contributed by atoms with E-state index in [9.17, 15) is 4.79 Å². The van der Waals surface area contributed by atoms with Crippen LogP contribution in [0.4, 0.5) is 0 Å². The predicted octanol–water partition coefficient (Wildman–Crippen LogP) is 0.493. The minimum absolute atomic E-state index is 0.275. The van der Waals surface area contributed by atoms with Crippen molar-refractivity contribution in [2.24, 2.45) is 0 Å². The van der Waals surface area contributed by atoms with Crippen LogP contribution in [0.15, 0.2) is 0 Å². The van der Waals surface area contributed by atoms with E-state index in [1.54, 1.807) is 0 Å². The average Bonchev–Trinajstić information content (AvgIpc) is 2.36. The fourth-order valence-electron chi connectivity index (χ4n) is 1.91. The van der Waals surface area contributed by atoms with Crippen molar-refractivity contribution in [2.45, 2.75) is 13.3 Å². The number of thioether (sulfide) groups is 1. The van der Waals surface area contributed by atoms with Crippen LogP contribution < -0.4 is 5.32 Å². The summed E-state index contributed by atoms with van der Waals surface area (Å²) in [6.07, 6.45) is 1.17. The van der Waals surface area contributed by atoms with E-state index in [1.165, 1.54) is 17.9 Å². The first-order valence-corrected chi connectivity index (χ1v) is 7.64. The normalized spacial score (nSPS) is 16.5. The Morgan fingerprint density at radius 1 is 1.41 bits per heavy atom. The number of likely N-dealkylation sites (N-methyl/N-ethyl adjacent to an activating group) is 1. The number of nitrogens with one attached hydrogen (secondary N) is 1. The van der Waals surface area contributed by atoms with E-state index in [0.717, 1.165) is 32.7 Å². The highest BCUT2D eigenvalue weighted by molar-refractivity contribution is 7.99. The van der Waals surface area contributed by atoms with Crippen LogP contribution in [-0.4, -0.2) is 73.5 Å². The van der Waals surface area contributed by atoms with Crippen molar-refractivity contribution in [2.75, 3.05) is 57.8 Å². The van der Waals surface area contributed by atoms with Crippen LogP contribution in [0.25, 0.3) is 0 Å². The second-order valence-corrected chi connectivity index (χ2v) is 5.81. The van der Waals surface area contributed by atoms with Crippen molar-refractivity contribution in [1.29, 1.82) is 0 Å². The zero-order valence-electron chi connectivity index (χ0n) is 11.1. The summed E-state index contributed by atoms with van der Waals surface area (Å²) in [6.45, 7) is 7.35. The van der Waals surface area contributed by atoms with E-state index in [-0.39, 0.29) is 5.91 Å². The van der Waals surface area contributed by atoms with Gasteiger partial charge in [0, 0.05) is 26.2 Å². The minimum Gasteiger partial charge on any atom is -0.339 e. The Morgan fingerprint density at radius 2 is 2.12 bits per heavy atom. The van der Waals surface area contributed by atoms with Gasteiger partial charge in [-0.25, -0.2) is 0 Å². The van der Waals surface area contributed by atoms with Crippen molar-refractivity contribution in [3.8, 4) is 0 Å². The molecule has 0 unspecified atom stereocenters. The molecule has 5 heteroatoms. The summed E-state index contributed by atoms with van der Waals surface area (Å²) in [5.41, 5.74) is 0. The maximum atomic E-state index is 11.9. The first-order chi connectivity index (χ1) is 8.24. The van der Waals surface area contributed by atoms with Gasteiger partial charge in [-0.1, -0.05) is 6.92 Å². The summed E-state index contributed by atoms with van der Waals surface area (Å²) >= 11 is 1.97. The van der Waals surface area contributed by atoms with Crippen LogP contribution in [0.1, 0.15) is 13.3 Å². The third kappa shape index (κ3) is 6.29. The Kier molecular flexibility index (Phi) is 7.64. The first kappa shape index (κ1) is 14.8. The zero-order valence-corrected chi connectivity index (χ0v) is 11.9.